The van der Waals surface area contributed by atoms with E-state index in [1.165, 1.54) is 0 Å². The van der Waals surface area contributed by atoms with Crippen LogP contribution in [-0.2, 0) is 0 Å². The maximum absolute atomic E-state index is 5.67. The van der Waals surface area contributed by atoms with E-state index >= 15 is 0 Å². The summed E-state index contributed by atoms with van der Waals surface area (Å²) in [6, 6.07) is 22.4. The van der Waals surface area contributed by atoms with Crippen LogP contribution in [0.25, 0.3) is 11.4 Å². The van der Waals surface area contributed by atoms with Crippen molar-refractivity contribution in [3.05, 3.63) is 83.4 Å². The van der Waals surface area contributed by atoms with Crippen molar-refractivity contribution in [2.45, 2.75) is 6.92 Å². The number of hydrogen-bond acceptors (Lipinski definition) is 1. The van der Waals surface area contributed by atoms with Crippen molar-refractivity contribution in [3.63, 3.8) is 0 Å². The molecule has 0 radical (unpaired) electrons. The van der Waals surface area contributed by atoms with Crippen LogP contribution in [0.15, 0.2) is 72.9 Å². The van der Waals surface area contributed by atoms with E-state index in [2.05, 4.69) is 41.8 Å². The molecule has 4 heteroatoms. The molecule has 0 spiro atoms. The number of aromatic nitrogens is 2. The summed E-state index contributed by atoms with van der Waals surface area (Å²) in [5, 5.41) is 0. The van der Waals surface area contributed by atoms with Crippen LogP contribution >= 0.6 is 12.2 Å². The number of aryl methyl sites for hydroxylation is 1. The Morgan fingerprint density at radius 1 is 0.857 bits per heavy atom. The lowest BCUT2D eigenvalue weighted by Gasteiger charge is -2.07. The average molecular weight is 315 g/mol. The first kappa shape index (κ1) is 15.4. The molecule has 2 aromatic carbocycles. The highest BCUT2D eigenvalue weighted by Crippen LogP contribution is 2.09. The van der Waals surface area contributed by atoms with Gasteiger partial charge < -0.3 is 12.4 Å². The Labute approximate surface area is 135 Å². The quantitative estimate of drug-likeness (QED) is 0.502. The monoisotopic (exact) mass is 314 g/mol. The molecule has 0 fully saturated rings. The van der Waals surface area contributed by atoms with E-state index in [4.69, 9.17) is 12.2 Å². The standard InChI is InChI=1S/C17H15N2S.ClH/c1-14-12-13-18(15-8-4-2-5-9-15)17(20)19(14)16-10-6-3-7-11-16;/h2-13H,1H3;1H/q+1;/p-1. The summed E-state index contributed by atoms with van der Waals surface area (Å²) in [7, 11) is 0. The molecular formula is C17H15ClN2S. The van der Waals surface area contributed by atoms with Crippen LogP contribution in [-0.4, -0.2) is 4.57 Å². The van der Waals surface area contributed by atoms with E-state index in [0.717, 1.165) is 21.8 Å². The third-order valence-electron chi connectivity index (χ3n) is 3.26. The van der Waals surface area contributed by atoms with Gasteiger partial charge in [-0.15, -0.1) is 0 Å². The zero-order chi connectivity index (χ0) is 13.9. The molecule has 0 saturated heterocycles. The molecule has 0 N–H and O–H groups in total. The summed E-state index contributed by atoms with van der Waals surface area (Å²) in [6.07, 6.45) is 2.02. The molecule has 1 heterocycles. The Balaban J connectivity index is 0.00000161. The van der Waals surface area contributed by atoms with Gasteiger partial charge in [-0.05, 0) is 31.2 Å². The number of benzene rings is 2. The van der Waals surface area contributed by atoms with Crippen LogP contribution in [0.2, 0.25) is 0 Å². The van der Waals surface area contributed by atoms with Gasteiger partial charge in [0.25, 0.3) is 0 Å². The van der Waals surface area contributed by atoms with Crippen molar-refractivity contribution in [1.82, 2.24) is 4.57 Å². The fraction of sp³-hybridized carbons (Fsp3) is 0.0588. The highest BCUT2D eigenvalue weighted by Gasteiger charge is 2.13. The minimum Gasteiger partial charge on any atom is -1.00 e. The average Bonchev–Trinajstić information content (AvgIpc) is 2.49. The Morgan fingerprint density at radius 2 is 1.43 bits per heavy atom. The van der Waals surface area contributed by atoms with Crippen LogP contribution in [0.1, 0.15) is 5.69 Å². The van der Waals surface area contributed by atoms with E-state index in [9.17, 15) is 0 Å². The summed E-state index contributed by atoms with van der Waals surface area (Å²) < 4.78 is 4.87. The molecule has 21 heavy (non-hydrogen) atoms. The molecule has 1 aromatic heterocycles. The summed E-state index contributed by atoms with van der Waals surface area (Å²) >= 11 is 5.67. The van der Waals surface area contributed by atoms with Crippen molar-refractivity contribution in [1.29, 1.82) is 0 Å². The van der Waals surface area contributed by atoms with Crippen molar-refractivity contribution in [2.24, 2.45) is 0 Å². The largest absolute Gasteiger partial charge is 1.00 e. The molecule has 0 bridgehead atoms. The first-order valence-electron chi connectivity index (χ1n) is 6.52. The minimum atomic E-state index is 0. The molecule has 0 aliphatic rings. The summed E-state index contributed by atoms with van der Waals surface area (Å²) in [4.78, 5) is 0. The van der Waals surface area contributed by atoms with E-state index in [0.29, 0.717) is 0 Å². The van der Waals surface area contributed by atoms with E-state index in [1.54, 1.807) is 0 Å². The van der Waals surface area contributed by atoms with Crippen molar-refractivity contribution in [3.8, 4) is 11.4 Å². The Morgan fingerprint density at radius 3 is 2.05 bits per heavy atom. The fourth-order valence-electron chi connectivity index (χ4n) is 2.26. The van der Waals surface area contributed by atoms with Crippen LogP contribution in [0.3, 0.4) is 0 Å². The normalized spacial score (nSPS) is 9.95. The number of nitrogens with zero attached hydrogens (tertiary/aromatic N) is 2. The van der Waals surface area contributed by atoms with Gasteiger partial charge in [-0.1, -0.05) is 36.4 Å². The molecule has 3 rings (SSSR count). The molecule has 106 valence electrons. The minimum absolute atomic E-state index is 0. The Kier molecular flexibility index (Phi) is 4.89. The second-order valence-electron chi connectivity index (χ2n) is 4.62. The molecule has 0 amide bonds. The molecular weight excluding hydrogens is 300 g/mol. The molecule has 0 aliphatic heterocycles. The topological polar surface area (TPSA) is 8.81 Å². The molecule has 0 unspecified atom stereocenters. The van der Waals surface area contributed by atoms with Gasteiger partial charge in [0, 0.05) is 18.3 Å². The zero-order valence-corrected chi connectivity index (χ0v) is 13.2. The molecule has 0 saturated carbocycles. The zero-order valence-electron chi connectivity index (χ0n) is 11.6. The van der Waals surface area contributed by atoms with Gasteiger partial charge in [0.1, 0.15) is 23.3 Å². The highest BCUT2D eigenvalue weighted by molar-refractivity contribution is 7.71. The Hall–Kier alpha value is -1.97. The smallest absolute Gasteiger partial charge is 0.361 e. The van der Waals surface area contributed by atoms with Crippen molar-refractivity contribution < 1.29 is 17.0 Å². The summed E-state index contributed by atoms with van der Waals surface area (Å²) in [5.41, 5.74) is 3.27. The summed E-state index contributed by atoms with van der Waals surface area (Å²) in [5.74, 6) is 0. The lowest BCUT2D eigenvalue weighted by molar-refractivity contribution is -0.614. The SMILES string of the molecule is Cc1ccn(-c2ccccc2)c(=S)[n+]1-c1ccccc1.[Cl-]. The molecule has 3 aromatic rings. The van der Waals surface area contributed by atoms with Gasteiger partial charge in [0.15, 0.2) is 0 Å². The maximum Gasteiger partial charge on any atom is 0.361 e. The fourth-order valence-corrected chi connectivity index (χ4v) is 2.67. The lowest BCUT2D eigenvalue weighted by Crippen LogP contribution is -3.00. The van der Waals surface area contributed by atoms with Crippen LogP contribution in [0.4, 0.5) is 0 Å². The van der Waals surface area contributed by atoms with Gasteiger partial charge in [0.2, 0.25) is 0 Å². The number of rotatable bonds is 2. The number of para-hydroxylation sites is 2. The second kappa shape index (κ2) is 6.66. The van der Waals surface area contributed by atoms with Gasteiger partial charge >= 0.3 is 4.77 Å². The van der Waals surface area contributed by atoms with Crippen LogP contribution in [0, 0.1) is 11.7 Å². The van der Waals surface area contributed by atoms with Crippen molar-refractivity contribution >= 4 is 12.2 Å². The summed E-state index contributed by atoms with van der Waals surface area (Å²) in [6.45, 7) is 2.07. The highest BCUT2D eigenvalue weighted by atomic mass is 35.5. The van der Waals surface area contributed by atoms with E-state index < -0.39 is 0 Å². The van der Waals surface area contributed by atoms with Gasteiger partial charge in [-0.2, -0.15) is 9.13 Å². The van der Waals surface area contributed by atoms with E-state index in [-0.39, 0.29) is 12.4 Å². The number of halogens is 1. The third kappa shape index (κ3) is 3.04. The number of hydrogen-bond donors (Lipinski definition) is 0. The van der Waals surface area contributed by atoms with Gasteiger partial charge in [-0.25, -0.2) is 0 Å². The van der Waals surface area contributed by atoms with Crippen LogP contribution < -0.4 is 17.0 Å². The van der Waals surface area contributed by atoms with Gasteiger partial charge in [-0.3, -0.25) is 0 Å². The third-order valence-corrected chi connectivity index (χ3v) is 3.64. The first-order chi connectivity index (χ1) is 9.77. The van der Waals surface area contributed by atoms with E-state index in [1.807, 2.05) is 47.2 Å². The molecule has 2 nitrogen and oxygen atoms in total. The first-order valence-corrected chi connectivity index (χ1v) is 6.93. The predicted octanol–water partition coefficient (Wildman–Crippen LogP) is 0.796. The maximum atomic E-state index is 5.67. The molecule has 0 atom stereocenters. The lowest BCUT2D eigenvalue weighted by atomic mass is 10.3. The van der Waals surface area contributed by atoms with Crippen molar-refractivity contribution in [2.75, 3.05) is 0 Å². The molecule has 0 aliphatic carbocycles. The Bertz CT molecular complexity index is 783. The second-order valence-corrected chi connectivity index (χ2v) is 4.98. The van der Waals surface area contributed by atoms with Gasteiger partial charge in [0.05, 0.1) is 0 Å². The van der Waals surface area contributed by atoms with Crippen LogP contribution in [0.5, 0.6) is 0 Å². The predicted molar refractivity (Wildman–Crippen MR) is 82.9 cm³/mol.